The Morgan fingerprint density at radius 1 is 1.14 bits per heavy atom. The molecule has 10 heteroatoms. The van der Waals surface area contributed by atoms with Gasteiger partial charge in [-0.1, -0.05) is 0 Å². The highest BCUT2D eigenvalue weighted by molar-refractivity contribution is 5.52. The second-order valence-corrected chi connectivity index (χ2v) is 4.18. The van der Waals surface area contributed by atoms with Crippen LogP contribution in [0.2, 0.25) is 0 Å². The molecule has 3 aromatic rings. The Kier molecular flexibility index (Phi) is 3.41. The Hall–Kier alpha value is -3.04. The summed E-state index contributed by atoms with van der Waals surface area (Å²) in [6.07, 6.45) is 6.46. The number of anilines is 3. The minimum atomic E-state index is 0.379. The van der Waals surface area contributed by atoms with Crippen molar-refractivity contribution in [3.8, 4) is 5.95 Å². The normalized spacial score (nSPS) is 10.6. The van der Waals surface area contributed by atoms with Crippen LogP contribution in [0.5, 0.6) is 0 Å². The lowest BCUT2D eigenvalue weighted by molar-refractivity contribution is 0.768. The van der Waals surface area contributed by atoms with Crippen LogP contribution < -0.4 is 10.6 Å². The van der Waals surface area contributed by atoms with Gasteiger partial charge in [-0.3, -0.25) is 4.68 Å². The molecular formula is C11H14N10. The van der Waals surface area contributed by atoms with Crippen molar-refractivity contribution in [1.82, 2.24) is 39.5 Å². The van der Waals surface area contributed by atoms with Crippen LogP contribution in [0.4, 0.5) is 17.6 Å². The van der Waals surface area contributed by atoms with Crippen molar-refractivity contribution in [2.24, 2.45) is 7.05 Å². The summed E-state index contributed by atoms with van der Waals surface area (Å²) in [5.41, 5.74) is 0.788. The number of aromatic nitrogens is 8. The molecule has 0 radical (unpaired) electrons. The van der Waals surface area contributed by atoms with Crippen LogP contribution in [0.1, 0.15) is 6.92 Å². The predicted molar refractivity (Wildman–Crippen MR) is 75.4 cm³/mol. The van der Waals surface area contributed by atoms with Gasteiger partial charge in [0.2, 0.25) is 11.9 Å². The average Bonchev–Trinajstić information content (AvgIpc) is 3.11. The fraction of sp³-hybridized carbons (Fsp3) is 0.273. The molecule has 10 nitrogen and oxygen atoms in total. The largest absolute Gasteiger partial charge is 0.354 e. The highest BCUT2D eigenvalue weighted by atomic mass is 15.4. The maximum absolute atomic E-state index is 4.31. The van der Waals surface area contributed by atoms with E-state index in [2.05, 4.69) is 40.8 Å². The fourth-order valence-electron chi connectivity index (χ4n) is 1.69. The van der Waals surface area contributed by atoms with Crippen molar-refractivity contribution in [3.63, 3.8) is 0 Å². The third-order valence-electron chi connectivity index (χ3n) is 2.54. The minimum absolute atomic E-state index is 0.379. The van der Waals surface area contributed by atoms with Crippen LogP contribution in [0, 0.1) is 0 Å². The first kappa shape index (κ1) is 13.0. The van der Waals surface area contributed by atoms with Gasteiger partial charge in [-0.05, 0) is 6.92 Å². The molecule has 21 heavy (non-hydrogen) atoms. The monoisotopic (exact) mass is 286 g/mol. The summed E-state index contributed by atoms with van der Waals surface area (Å²) in [5.74, 6) is 1.24. The highest BCUT2D eigenvalue weighted by Crippen LogP contribution is 2.14. The fourth-order valence-corrected chi connectivity index (χ4v) is 1.69. The molecule has 0 amide bonds. The predicted octanol–water partition coefficient (Wildman–Crippen LogP) is 0.361. The highest BCUT2D eigenvalue weighted by Gasteiger charge is 2.09. The second-order valence-electron chi connectivity index (χ2n) is 4.18. The van der Waals surface area contributed by atoms with E-state index in [1.54, 1.807) is 10.9 Å². The van der Waals surface area contributed by atoms with E-state index in [-0.39, 0.29) is 0 Å². The standard InChI is InChI=1S/C11H14N10/c1-3-13-9-17-10(16-8-4-14-20(2)5-8)19-11(18-9)21-7-12-6-15-21/h4-7H,3H2,1-2H3,(H2,13,16,17,18,19). The number of aryl methyl sites for hydroxylation is 1. The molecule has 0 aromatic carbocycles. The van der Waals surface area contributed by atoms with Gasteiger partial charge in [0.1, 0.15) is 12.7 Å². The van der Waals surface area contributed by atoms with Crippen LogP contribution in [-0.2, 0) is 7.05 Å². The van der Waals surface area contributed by atoms with Crippen molar-refractivity contribution >= 4 is 17.6 Å². The van der Waals surface area contributed by atoms with Gasteiger partial charge in [0.25, 0.3) is 5.95 Å². The van der Waals surface area contributed by atoms with Crippen LogP contribution >= 0.6 is 0 Å². The zero-order valence-corrected chi connectivity index (χ0v) is 11.6. The van der Waals surface area contributed by atoms with E-state index in [4.69, 9.17) is 0 Å². The summed E-state index contributed by atoms with van der Waals surface area (Å²) in [7, 11) is 1.84. The first-order valence-corrected chi connectivity index (χ1v) is 6.35. The molecule has 108 valence electrons. The van der Waals surface area contributed by atoms with Crippen molar-refractivity contribution in [1.29, 1.82) is 0 Å². The lowest BCUT2D eigenvalue weighted by Crippen LogP contribution is -2.11. The van der Waals surface area contributed by atoms with Gasteiger partial charge >= 0.3 is 0 Å². The van der Waals surface area contributed by atoms with Gasteiger partial charge < -0.3 is 10.6 Å². The molecule has 3 aromatic heterocycles. The van der Waals surface area contributed by atoms with E-state index in [0.29, 0.717) is 24.4 Å². The molecular weight excluding hydrogens is 272 g/mol. The Bertz CT molecular complexity index is 716. The van der Waals surface area contributed by atoms with Gasteiger partial charge in [0.15, 0.2) is 0 Å². The van der Waals surface area contributed by atoms with E-state index >= 15 is 0 Å². The summed E-state index contributed by atoms with van der Waals surface area (Å²) < 4.78 is 3.16. The van der Waals surface area contributed by atoms with Gasteiger partial charge in [-0.15, -0.1) is 0 Å². The summed E-state index contributed by atoms with van der Waals surface area (Å²) in [6, 6.07) is 0. The molecule has 0 aliphatic carbocycles. The quantitative estimate of drug-likeness (QED) is 0.691. The van der Waals surface area contributed by atoms with E-state index in [1.165, 1.54) is 17.3 Å². The first-order chi connectivity index (χ1) is 10.2. The zero-order valence-electron chi connectivity index (χ0n) is 11.6. The molecule has 0 aliphatic rings. The third-order valence-corrected chi connectivity index (χ3v) is 2.54. The number of hydrogen-bond donors (Lipinski definition) is 2. The maximum Gasteiger partial charge on any atom is 0.258 e. The molecule has 0 atom stereocenters. The van der Waals surface area contributed by atoms with Crippen molar-refractivity contribution in [3.05, 3.63) is 25.0 Å². The van der Waals surface area contributed by atoms with Crippen LogP contribution in [-0.4, -0.2) is 46.0 Å². The number of hydrogen-bond acceptors (Lipinski definition) is 8. The van der Waals surface area contributed by atoms with E-state index in [0.717, 1.165) is 5.69 Å². The molecule has 0 fully saturated rings. The number of nitrogens with zero attached hydrogens (tertiary/aromatic N) is 8. The van der Waals surface area contributed by atoms with Gasteiger partial charge in [-0.25, -0.2) is 4.98 Å². The van der Waals surface area contributed by atoms with Crippen molar-refractivity contribution in [2.45, 2.75) is 6.92 Å². The van der Waals surface area contributed by atoms with Gasteiger partial charge in [0, 0.05) is 19.8 Å². The molecule has 3 heterocycles. The first-order valence-electron chi connectivity index (χ1n) is 6.35. The molecule has 3 rings (SSSR count). The Morgan fingerprint density at radius 2 is 2.00 bits per heavy atom. The van der Waals surface area contributed by atoms with Gasteiger partial charge in [0.05, 0.1) is 11.9 Å². The molecule has 0 saturated carbocycles. The van der Waals surface area contributed by atoms with E-state index < -0.39 is 0 Å². The van der Waals surface area contributed by atoms with Crippen LogP contribution in [0.15, 0.2) is 25.0 Å². The molecule has 0 saturated heterocycles. The Morgan fingerprint density at radius 3 is 2.67 bits per heavy atom. The van der Waals surface area contributed by atoms with Gasteiger partial charge in [-0.2, -0.15) is 29.8 Å². The molecule has 0 unspecified atom stereocenters. The van der Waals surface area contributed by atoms with Crippen LogP contribution in [0.25, 0.3) is 5.95 Å². The third kappa shape index (κ3) is 2.94. The lowest BCUT2D eigenvalue weighted by Gasteiger charge is -2.07. The summed E-state index contributed by atoms with van der Waals surface area (Å²) in [4.78, 5) is 16.8. The Labute approximate surface area is 120 Å². The molecule has 0 bridgehead atoms. The van der Waals surface area contributed by atoms with Crippen molar-refractivity contribution in [2.75, 3.05) is 17.2 Å². The molecule has 0 spiro atoms. The van der Waals surface area contributed by atoms with Crippen LogP contribution in [0.3, 0.4) is 0 Å². The molecule has 2 N–H and O–H groups in total. The summed E-state index contributed by atoms with van der Waals surface area (Å²) in [6.45, 7) is 2.67. The minimum Gasteiger partial charge on any atom is -0.354 e. The topological polar surface area (TPSA) is 111 Å². The Balaban J connectivity index is 1.95. The van der Waals surface area contributed by atoms with E-state index in [9.17, 15) is 0 Å². The second kappa shape index (κ2) is 5.53. The summed E-state index contributed by atoms with van der Waals surface area (Å²) in [5, 5.41) is 14.2. The number of rotatable bonds is 5. The maximum atomic E-state index is 4.31. The van der Waals surface area contributed by atoms with Crippen molar-refractivity contribution < 1.29 is 0 Å². The SMILES string of the molecule is CCNc1nc(Nc2cnn(C)c2)nc(-n2cncn2)n1. The molecule has 0 aliphatic heterocycles. The zero-order chi connectivity index (χ0) is 14.7. The van der Waals surface area contributed by atoms with E-state index in [1.807, 2.05) is 20.2 Å². The smallest absolute Gasteiger partial charge is 0.258 e. The number of nitrogens with one attached hydrogen (secondary N) is 2. The lowest BCUT2D eigenvalue weighted by atomic mass is 10.6. The average molecular weight is 286 g/mol. The summed E-state index contributed by atoms with van der Waals surface area (Å²) >= 11 is 0.